The third-order valence-electron chi connectivity index (χ3n) is 7.24. The van der Waals surface area contributed by atoms with Crippen molar-refractivity contribution >= 4 is 23.4 Å². The lowest BCUT2D eigenvalue weighted by Gasteiger charge is -2.27. The van der Waals surface area contributed by atoms with E-state index in [-0.39, 0.29) is 48.1 Å². The summed E-state index contributed by atoms with van der Waals surface area (Å²) in [7, 11) is 0. The number of rotatable bonds is 9. The Kier molecular flexibility index (Phi) is 8.14. The molecule has 11 heteroatoms. The number of hydrogen-bond acceptors (Lipinski definition) is 9. The molecule has 0 atom stereocenters. The smallest absolute Gasteiger partial charge is 0.321 e. The van der Waals surface area contributed by atoms with Crippen LogP contribution < -0.4 is 20.1 Å². The first kappa shape index (κ1) is 26.3. The van der Waals surface area contributed by atoms with Crippen LogP contribution >= 0.6 is 0 Å². The molecule has 11 nitrogen and oxygen atoms in total. The molecule has 0 saturated heterocycles. The molecule has 1 aliphatic heterocycles. The van der Waals surface area contributed by atoms with Gasteiger partial charge in [0.1, 0.15) is 18.0 Å². The molecule has 3 aromatic rings. The van der Waals surface area contributed by atoms with E-state index in [4.69, 9.17) is 20.3 Å². The Morgan fingerprint density at radius 3 is 2.69 bits per heavy atom. The van der Waals surface area contributed by atoms with Crippen LogP contribution in [0.25, 0.3) is 0 Å². The fourth-order valence-electron chi connectivity index (χ4n) is 5.19. The van der Waals surface area contributed by atoms with Gasteiger partial charge in [-0.25, -0.2) is 0 Å². The fourth-order valence-corrected chi connectivity index (χ4v) is 5.19. The molecular formula is C28H32N6O5. The van der Waals surface area contributed by atoms with Gasteiger partial charge in [0.25, 0.3) is 5.91 Å². The van der Waals surface area contributed by atoms with E-state index in [1.54, 1.807) is 17.3 Å². The molecule has 2 aliphatic rings. The molecule has 39 heavy (non-hydrogen) atoms. The van der Waals surface area contributed by atoms with Crippen LogP contribution in [-0.4, -0.2) is 56.7 Å². The predicted molar refractivity (Wildman–Crippen MR) is 143 cm³/mol. The van der Waals surface area contributed by atoms with Crippen molar-refractivity contribution in [3.63, 3.8) is 0 Å². The van der Waals surface area contributed by atoms with Gasteiger partial charge >= 0.3 is 12.0 Å². The van der Waals surface area contributed by atoms with E-state index in [0.29, 0.717) is 24.8 Å². The van der Waals surface area contributed by atoms with Gasteiger partial charge in [-0.3, -0.25) is 19.6 Å². The third kappa shape index (κ3) is 6.42. The predicted octanol–water partition coefficient (Wildman–Crippen LogP) is 3.65. The maximum Gasteiger partial charge on any atom is 0.321 e. The van der Waals surface area contributed by atoms with Crippen molar-refractivity contribution in [2.75, 3.05) is 30.4 Å². The molecule has 1 aliphatic carbocycles. The van der Waals surface area contributed by atoms with E-state index in [9.17, 15) is 9.59 Å². The third-order valence-corrected chi connectivity index (χ3v) is 7.24. The van der Waals surface area contributed by atoms with Crippen LogP contribution in [-0.2, 0) is 11.2 Å². The van der Waals surface area contributed by atoms with Crippen LogP contribution in [0.4, 0.5) is 11.5 Å². The number of carbonyl (C=O) groups is 2. The van der Waals surface area contributed by atoms with Gasteiger partial charge in [-0.1, -0.05) is 6.07 Å². The second-order valence-electron chi connectivity index (χ2n) is 9.91. The van der Waals surface area contributed by atoms with Crippen molar-refractivity contribution in [3.8, 4) is 11.9 Å². The maximum atomic E-state index is 13.5. The number of hydrogen-bond donors (Lipinski definition) is 2. The van der Waals surface area contributed by atoms with Crippen LogP contribution in [0.2, 0.25) is 0 Å². The number of aliphatic carboxylic acids is 1. The lowest BCUT2D eigenvalue weighted by Crippen LogP contribution is -2.33. The Bertz CT molecular complexity index is 1300. The van der Waals surface area contributed by atoms with Crippen molar-refractivity contribution in [1.82, 2.24) is 19.9 Å². The highest BCUT2D eigenvalue weighted by Gasteiger charge is 2.31. The van der Waals surface area contributed by atoms with Crippen LogP contribution in [0.15, 0.2) is 42.7 Å². The monoisotopic (exact) mass is 532 g/mol. The maximum absolute atomic E-state index is 13.5. The van der Waals surface area contributed by atoms with E-state index in [1.807, 2.05) is 30.3 Å². The minimum absolute atomic E-state index is 0.000624. The average molecular weight is 533 g/mol. The molecule has 5 rings (SSSR count). The number of fused-ring (bicyclic) bond motifs is 1. The topological polar surface area (TPSA) is 154 Å². The van der Waals surface area contributed by atoms with Gasteiger partial charge in [-0.15, -0.1) is 0 Å². The van der Waals surface area contributed by atoms with Crippen molar-refractivity contribution in [1.29, 1.82) is 0 Å². The zero-order chi connectivity index (χ0) is 27.2. The Balaban J connectivity index is 1.22. The molecule has 0 bridgehead atoms. The molecule has 0 aromatic carbocycles. The number of anilines is 2. The quantitative estimate of drug-likeness (QED) is 0.390. The van der Waals surface area contributed by atoms with Crippen LogP contribution in [0, 0.1) is 5.92 Å². The molecule has 0 radical (unpaired) electrons. The first-order valence-corrected chi connectivity index (χ1v) is 13.3. The number of aromatic nitrogens is 4. The number of carboxylic acid groups (broad SMARTS) is 1. The molecule has 0 unspecified atom stereocenters. The Labute approximate surface area is 226 Å². The van der Waals surface area contributed by atoms with Gasteiger partial charge in [0, 0.05) is 29.9 Å². The molecule has 3 N–H and O–H groups in total. The van der Waals surface area contributed by atoms with Gasteiger partial charge in [-0.2, -0.15) is 9.97 Å². The normalized spacial score (nSPS) is 19.1. The molecule has 1 fully saturated rings. The number of nitrogens with two attached hydrogens (primary N) is 1. The summed E-state index contributed by atoms with van der Waals surface area (Å²) in [5.74, 6) is -0.459. The van der Waals surface area contributed by atoms with Crippen LogP contribution in [0.5, 0.6) is 11.9 Å². The molecule has 1 amide bonds. The van der Waals surface area contributed by atoms with E-state index >= 15 is 0 Å². The number of nitrogens with zero attached hydrogens (tertiary/aromatic N) is 5. The Hall–Kier alpha value is -4.28. The van der Waals surface area contributed by atoms with Gasteiger partial charge in [0.2, 0.25) is 5.88 Å². The van der Waals surface area contributed by atoms with Gasteiger partial charge in [-0.05, 0) is 68.7 Å². The van der Waals surface area contributed by atoms with E-state index < -0.39 is 5.97 Å². The SMILES string of the molecule is Nc1nc(OCCCc2ccccn2)nc2c1C(=O)N(c1ccc(C3CCC(CC(=O)O)CC3)nc1)CCO2. The first-order valence-electron chi connectivity index (χ1n) is 13.3. The van der Waals surface area contributed by atoms with E-state index in [2.05, 4.69) is 19.9 Å². The fraction of sp³-hybridized carbons (Fsp3) is 0.429. The van der Waals surface area contributed by atoms with Crippen LogP contribution in [0.3, 0.4) is 0 Å². The van der Waals surface area contributed by atoms with Crippen LogP contribution in [0.1, 0.15) is 66.2 Å². The molecule has 204 valence electrons. The minimum atomic E-state index is -0.736. The summed E-state index contributed by atoms with van der Waals surface area (Å²) in [4.78, 5) is 43.5. The molecule has 1 saturated carbocycles. The molecule has 0 spiro atoms. The molecular weight excluding hydrogens is 500 g/mol. The van der Waals surface area contributed by atoms with Gasteiger partial charge in [0.05, 0.1) is 25.0 Å². The average Bonchev–Trinajstić information content (AvgIpc) is 3.10. The minimum Gasteiger partial charge on any atom is -0.481 e. The van der Waals surface area contributed by atoms with Crippen molar-refractivity contribution in [3.05, 3.63) is 59.7 Å². The number of aryl methyl sites for hydroxylation is 1. The Morgan fingerprint density at radius 1 is 1.13 bits per heavy atom. The van der Waals surface area contributed by atoms with E-state index in [0.717, 1.165) is 49.9 Å². The van der Waals surface area contributed by atoms with Crippen molar-refractivity contribution < 1.29 is 24.2 Å². The van der Waals surface area contributed by atoms with Gasteiger partial charge < -0.3 is 25.2 Å². The first-order chi connectivity index (χ1) is 19.0. The second kappa shape index (κ2) is 12.1. The summed E-state index contributed by atoms with van der Waals surface area (Å²) in [5.41, 5.74) is 8.85. The number of amides is 1. The highest BCUT2D eigenvalue weighted by molar-refractivity contribution is 6.10. The zero-order valence-corrected chi connectivity index (χ0v) is 21.7. The zero-order valence-electron chi connectivity index (χ0n) is 21.7. The molecule has 3 aromatic heterocycles. The number of nitrogen functional groups attached to an aromatic ring is 1. The lowest BCUT2D eigenvalue weighted by molar-refractivity contribution is -0.138. The summed E-state index contributed by atoms with van der Waals surface area (Å²) in [6.45, 7) is 0.897. The highest BCUT2D eigenvalue weighted by atomic mass is 16.5. The standard InChI is InChI=1S/C28H32N6O5/c29-25-24-26(33-28(32-25)39-14-3-5-20-4-1-2-12-30-20)38-15-13-34(27(24)37)21-10-11-22(31-17-21)19-8-6-18(7-9-19)16-23(35)36/h1-2,4,10-12,17-19H,3,5-9,13-16H2,(H,35,36)(H2,29,32,33). The summed E-state index contributed by atoms with van der Waals surface area (Å²) in [6.07, 6.45) is 8.74. The highest BCUT2D eigenvalue weighted by Crippen LogP contribution is 2.37. The summed E-state index contributed by atoms with van der Waals surface area (Å²) in [5, 5.41) is 9.04. The summed E-state index contributed by atoms with van der Waals surface area (Å²) >= 11 is 0. The second-order valence-corrected chi connectivity index (χ2v) is 9.91. The van der Waals surface area contributed by atoms with Crippen molar-refractivity contribution in [2.24, 2.45) is 5.92 Å². The summed E-state index contributed by atoms with van der Waals surface area (Å²) in [6, 6.07) is 9.67. The summed E-state index contributed by atoms with van der Waals surface area (Å²) < 4.78 is 11.5. The number of carboxylic acids is 1. The number of carbonyl (C=O) groups excluding carboxylic acids is 1. The Morgan fingerprint density at radius 2 is 1.97 bits per heavy atom. The number of ether oxygens (including phenoxy) is 2. The number of pyridine rings is 2. The van der Waals surface area contributed by atoms with E-state index in [1.165, 1.54) is 0 Å². The van der Waals surface area contributed by atoms with Crippen molar-refractivity contribution in [2.45, 2.75) is 50.9 Å². The lowest BCUT2D eigenvalue weighted by atomic mass is 9.79. The van der Waals surface area contributed by atoms with Gasteiger partial charge in [0.15, 0.2) is 0 Å². The largest absolute Gasteiger partial charge is 0.481 e. The molecule has 4 heterocycles.